The lowest BCUT2D eigenvalue weighted by atomic mass is 10.2. The van der Waals surface area contributed by atoms with Crippen molar-refractivity contribution in [1.82, 2.24) is 0 Å². The van der Waals surface area contributed by atoms with Crippen LogP contribution in [0.4, 0.5) is 0 Å². The van der Waals surface area contributed by atoms with Gasteiger partial charge in [0.25, 0.3) is 0 Å². The van der Waals surface area contributed by atoms with Crippen LogP contribution >= 0.6 is 0 Å². The maximum atomic E-state index is 2.19. The molecule has 0 aliphatic carbocycles. The zero-order valence-electron chi connectivity index (χ0n) is 5.80. The highest BCUT2D eigenvalue weighted by molar-refractivity contribution is 6.08. The monoisotopic (exact) mass is 136 g/mol. The van der Waals surface area contributed by atoms with Crippen LogP contribution in [0.3, 0.4) is 0 Å². The lowest BCUT2D eigenvalue weighted by Gasteiger charge is -1.93. The van der Waals surface area contributed by atoms with Gasteiger partial charge in [-0.05, 0) is 12.0 Å². The summed E-state index contributed by atoms with van der Waals surface area (Å²) >= 11 is 1.32. The smallest absolute Gasteiger partial charge is 0.0973 e. The van der Waals surface area contributed by atoms with Gasteiger partial charge in [0.1, 0.15) is 0 Å². The van der Waals surface area contributed by atoms with E-state index < -0.39 is 0 Å². The first-order valence-electron chi connectivity index (χ1n) is 3.47. The standard InChI is InChI=1S/C8H9.Al.H2.2H/c1-2-8-6-4-3-5-7-8;;;;/h3-7H,1-2H2;;1H;;. The molecule has 9 heavy (non-hydrogen) atoms. The fourth-order valence-corrected chi connectivity index (χ4v) is 1.51. The van der Waals surface area contributed by atoms with Crippen molar-refractivity contribution >= 4 is 16.3 Å². The predicted molar refractivity (Wildman–Crippen MR) is 45.6 cm³/mol. The summed E-state index contributed by atoms with van der Waals surface area (Å²) in [5, 5.41) is 1.38. The van der Waals surface area contributed by atoms with Crippen molar-refractivity contribution in [3.63, 3.8) is 0 Å². The molecule has 1 rings (SSSR count). The quantitative estimate of drug-likeness (QED) is 0.541. The highest BCUT2D eigenvalue weighted by atomic mass is 27.0. The Morgan fingerprint density at radius 1 is 1.22 bits per heavy atom. The van der Waals surface area contributed by atoms with E-state index in [9.17, 15) is 0 Å². The maximum absolute atomic E-state index is 2.19. The summed E-state index contributed by atoms with van der Waals surface area (Å²) in [6.45, 7) is 0. The predicted octanol–water partition coefficient (Wildman–Crippen LogP) is 1.53. The molecule has 0 unspecified atom stereocenters. The first-order chi connectivity index (χ1) is 4.43. The molecule has 0 bridgehead atoms. The van der Waals surface area contributed by atoms with E-state index >= 15 is 0 Å². The third-order valence-electron chi connectivity index (χ3n) is 1.38. The van der Waals surface area contributed by atoms with E-state index in [1.165, 1.54) is 33.6 Å². The van der Waals surface area contributed by atoms with Gasteiger partial charge in [-0.15, -0.1) is 0 Å². The fraction of sp³-hybridized carbons (Fsp3) is 0.250. The van der Waals surface area contributed by atoms with Gasteiger partial charge in [0.15, 0.2) is 0 Å². The first kappa shape index (κ1) is 6.87. The van der Waals surface area contributed by atoms with Crippen LogP contribution in [0, 0.1) is 0 Å². The lowest BCUT2D eigenvalue weighted by molar-refractivity contribution is 1.13. The van der Waals surface area contributed by atoms with Crippen LogP contribution in [-0.4, -0.2) is 16.3 Å². The van der Waals surface area contributed by atoms with Gasteiger partial charge in [-0.25, -0.2) is 0 Å². The topological polar surface area (TPSA) is 0 Å². The van der Waals surface area contributed by atoms with Gasteiger partial charge in [-0.1, -0.05) is 35.6 Å². The maximum Gasteiger partial charge on any atom is 0.212 e. The van der Waals surface area contributed by atoms with Crippen LogP contribution in [0.1, 0.15) is 6.99 Å². The number of hydrogen-bond acceptors (Lipinski definition) is 0. The van der Waals surface area contributed by atoms with Gasteiger partial charge in [0.05, 0.1) is 0 Å². The molecule has 0 nitrogen and oxygen atoms in total. The van der Waals surface area contributed by atoms with Crippen molar-refractivity contribution in [2.24, 2.45) is 0 Å². The van der Waals surface area contributed by atoms with Crippen LogP contribution in [0.2, 0.25) is 5.28 Å². The third-order valence-corrected chi connectivity index (χ3v) is 1.88. The normalized spacial score (nSPS) is 9.33. The minimum atomic E-state index is 0. The molecule has 0 aliphatic rings. The summed E-state index contributed by atoms with van der Waals surface area (Å²) < 4.78 is 0. The average Bonchev–Trinajstić information content (AvgIpc) is 1.91. The van der Waals surface area contributed by atoms with Crippen LogP contribution in [0.5, 0.6) is 0 Å². The molecule has 0 saturated carbocycles. The van der Waals surface area contributed by atoms with Crippen molar-refractivity contribution in [2.45, 2.75) is 11.7 Å². The van der Waals surface area contributed by atoms with E-state index in [2.05, 4.69) is 30.3 Å². The van der Waals surface area contributed by atoms with Crippen molar-refractivity contribution in [1.29, 1.82) is 0 Å². The Balaban J connectivity index is 0.000000810. The molecule has 1 aromatic carbocycles. The van der Waals surface area contributed by atoms with E-state index in [1.807, 2.05) is 0 Å². The fourth-order valence-electron chi connectivity index (χ4n) is 0.933. The van der Waals surface area contributed by atoms with Gasteiger partial charge in [0.2, 0.25) is 16.3 Å². The second kappa shape index (κ2) is 3.72. The summed E-state index contributed by atoms with van der Waals surface area (Å²) in [6.07, 6.45) is 1.27. The van der Waals surface area contributed by atoms with Crippen LogP contribution in [0.15, 0.2) is 30.3 Å². The van der Waals surface area contributed by atoms with Gasteiger partial charge in [0, 0.05) is 1.43 Å². The number of benzene rings is 1. The highest BCUT2D eigenvalue weighted by Gasteiger charge is 1.84. The van der Waals surface area contributed by atoms with E-state index in [1.54, 1.807) is 0 Å². The summed E-state index contributed by atoms with van der Waals surface area (Å²) in [6, 6.07) is 10.7. The number of hydrogen-bond donors (Lipinski definition) is 0. The largest absolute Gasteiger partial charge is 0.212 e. The Bertz CT molecular complexity index is 162. The minimum absolute atomic E-state index is 0. The zero-order chi connectivity index (χ0) is 6.53. The highest BCUT2D eigenvalue weighted by Crippen LogP contribution is 1.99. The van der Waals surface area contributed by atoms with Crippen molar-refractivity contribution in [2.75, 3.05) is 0 Å². The summed E-state index contributed by atoms with van der Waals surface area (Å²) in [7, 11) is 0. The molecule has 0 fully saturated rings. The lowest BCUT2D eigenvalue weighted by Crippen LogP contribution is -1.80. The summed E-state index contributed by atoms with van der Waals surface area (Å²) in [4.78, 5) is 0. The molecule has 0 radical (unpaired) electrons. The SMILES string of the molecule is [AlH2][CH2]Cc1ccccc1.[HH]. The van der Waals surface area contributed by atoms with Gasteiger partial charge in [-0.2, -0.15) is 0 Å². The van der Waals surface area contributed by atoms with Crippen molar-refractivity contribution < 1.29 is 1.43 Å². The molecule has 0 heterocycles. The van der Waals surface area contributed by atoms with E-state index in [0.717, 1.165) is 0 Å². The molecule has 0 aromatic heterocycles. The van der Waals surface area contributed by atoms with Crippen LogP contribution in [0.25, 0.3) is 0 Å². The van der Waals surface area contributed by atoms with Crippen molar-refractivity contribution in [3.05, 3.63) is 35.9 Å². The summed E-state index contributed by atoms with van der Waals surface area (Å²) in [5.74, 6) is 0. The molecule has 1 aromatic rings. The van der Waals surface area contributed by atoms with Crippen molar-refractivity contribution in [3.8, 4) is 0 Å². The summed E-state index contributed by atoms with van der Waals surface area (Å²) in [5.41, 5.74) is 1.48. The zero-order valence-corrected chi connectivity index (χ0v) is 7.80. The molecular formula is C8H13Al. The molecule has 0 atom stereocenters. The Kier molecular flexibility index (Phi) is 2.84. The second-order valence-electron chi connectivity index (χ2n) is 2.24. The molecule has 0 spiro atoms. The molecule has 1 heteroatoms. The van der Waals surface area contributed by atoms with Gasteiger partial charge in [-0.3, -0.25) is 0 Å². The first-order valence-corrected chi connectivity index (χ1v) is 4.89. The second-order valence-corrected chi connectivity index (χ2v) is 3.24. The third kappa shape index (κ3) is 2.22. The minimum Gasteiger partial charge on any atom is -0.0973 e. The molecule has 0 saturated heterocycles. The van der Waals surface area contributed by atoms with Crippen LogP contribution in [-0.2, 0) is 6.42 Å². The Morgan fingerprint density at radius 3 is 2.44 bits per heavy atom. The average molecular weight is 136 g/mol. The molecule has 0 N–H and O–H groups in total. The molecule has 0 aliphatic heterocycles. The van der Waals surface area contributed by atoms with E-state index in [4.69, 9.17) is 0 Å². The van der Waals surface area contributed by atoms with Gasteiger partial charge < -0.3 is 0 Å². The molecule has 48 valence electrons. The number of rotatable bonds is 2. The molecule has 0 amide bonds. The Labute approximate surface area is 65.8 Å². The number of aryl methyl sites for hydroxylation is 1. The van der Waals surface area contributed by atoms with E-state index in [0.29, 0.717) is 0 Å². The Hall–Kier alpha value is -0.248. The molecular weight excluding hydrogens is 123 g/mol. The van der Waals surface area contributed by atoms with Gasteiger partial charge >= 0.3 is 0 Å². The van der Waals surface area contributed by atoms with E-state index in [-0.39, 0.29) is 1.43 Å². The van der Waals surface area contributed by atoms with Crippen LogP contribution < -0.4 is 0 Å². The Morgan fingerprint density at radius 2 is 1.89 bits per heavy atom.